The van der Waals surface area contributed by atoms with Gasteiger partial charge in [0, 0.05) is 25.9 Å². The van der Waals surface area contributed by atoms with Crippen molar-refractivity contribution in [3.8, 4) is 0 Å². The van der Waals surface area contributed by atoms with Gasteiger partial charge < -0.3 is 20.1 Å². The molecule has 0 bridgehead atoms. The van der Waals surface area contributed by atoms with Crippen LogP contribution in [-0.2, 0) is 19.1 Å². The van der Waals surface area contributed by atoms with E-state index in [4.69, 9.17) is 9.47 Å². The highest BCUT2D eigenvalue weighted by Crippen LogP contribution is 2.20. The van der Waals surface area contributed by atoms with E-state index in [0.29, 0.717) is 32.2 Å². The second-order valence-electron chi connectivity index (χ2n) is 8.85. The van der Waals surface area contributed by atoms with Crippen molar-refractivity contribution in [2.75, 3.05) is 19.8 Å². The highest BCUT2D eigenvalue weighted by Gasteiger charge is 2.23. The molecule has 0 unspecified atom stereocenters. The van der Waals surface area contributed by atoms with E-state index in [1.54, 1.807) is 0 Å². The van der Waals surface area contributed by atoms with Crippen LogP contribution in [0.5, 0.6) is 0 Å². The SMILES string of the molecule is CC(=O)NCCC(C)(C)OCCC(C)(C)OCCC(=O)NC1CCCCC1. The van der Waals surface area contributed by atoms with Crippen LogP contribution in [0.15, 0.2) is 0 Å². The van der Waals surface area contributed by atoms with Crippen molar-refractivity contribution in [3.05, 3.63) is 0 Å². The van der Waals surface area contributed by atoms with Crippen LogP contribution in [0.3, 0.4) is 0 Å². The molecule has 0 atom stereocenters. The molecule has 1 fully saturated rings. The molecule has 0 radical (unpaired) electrons. The van der Waals surface area contributed by atoms with Crippen molar-refractivity contribution in [3.63, 3.8) is 0 Å². The molecule has 0 aromatic heterocycles. The maximum absolute atomic E-state index is 12.0. The zero-order valence-electron chi connectivity index (χ0n) is 18.0. The Labute approximate surface area is 165 Å². The van der Waals surface area contributed by atoms with E-state index in [1.807, 2.05) is 27.7 Å². The summed E-state index contributed by atoms with van der Waals surface area (Å²) in [6.07, 6.45) is 7.85. The molecule has 0 saturated heterocycles. The zero-order chi connectivity index (χ0) is 20.3. The predicted octanol–water partition coefficient (Wildman–Crippen LogP) is 3.33. The van der Waals surface area contributed by atoms with Crippen molar-refractivity contribution in [2.45, 2.75) is 103 Å². The molecular weight excluding hydrogens is 344 g/mol. The van der Waals surface area contributed by atoms with E-state index in [0.717, 1.165) is 25.7 Å². The number of hydrogen-bond donors (Lipinski definition) is 2. The molecule has 27 heavy (non-hydrogen) atoms. The first kappa shape index (κ1) is 23.9. The van der Waals surface area contributed by atoms with Crippen LogP contribution in [0.2, 0.25) is 0 Å². The second kappa shape index (κ2) is 11.6. The van der Waals surface area contributed by atoms with Gasteiger partial charge in [-0.25, -0.2) is 0 Å². The van der Waals surface area contributed by atoms with Crippen molar-refractivity contribution < 1.29 is 19.1 Å². The highest BCUT2D eigenvalue weighted by atomic mass is 16.5. The monoisotopic (exact) mass is 384 g/mol. The van der Waals surface area contributed by atoms with E-state index in [-0.39, 0.29) is 23.0 Å². The quantitative estimate of drug-likeness (QED) is 0.541. The van der Waals surface area contributed by atoms with Crippen molar-refractivity contribution in [1.82, 2.24) is 10.6 Å². The summed E-state index contributed by atoms with van der Waals surface area (Å²) in [5.74, 6) is 0.0703. The molecule has 6 heteroatoms. The fourth-order valence-corrected chi connectivity index (χ4v) is 3.22. The average Bonchev–Trinajstić information content (AvgIpc) is 2.54. The normalized spacial score (nSPS) is 16.2. The topological polar surface area (TPSA) is 76.7 Å². The maximum Gasteiger partial charge on any atom is 0.222 e. The third-order valence-electron chi connectivity index (χ3n) is 5.09. The molecule has 0 aromatic carbocycles. The maximum atomic E-state index is 12.0. The fourth-order valence-electron chi connectivity index (χ4n) is 3.22. The molecule has 1 aliphatic rings. The van der Waals surface area contributed by atoms with Gasteiger partial charge in [0.15, 0.2) is 0 Å². The lowest BCUT2D eigenvalue weighted by Gasteiger charge is -2.30. The Bertz CT molecular complexity index is 457. The van der Waals surface area contributed by atoms with Crippen molar-refractivity contribution >= 4 is 11.8 Å². The van der Waals surface area contributed by atoms with E-state index in [9.17, 15) is 9.59 Å². The largest absolute Gasteiger partial charge is 0.375 e. The van der Waals surface area contributed by atoms with Gasteiger partial charge in [-0.1, -0.05) is 19.3 Å². The number of hydrogen-bond acceptors (Lipinski definition) is 4. The minimum absolute atomic E-state index is 0.0205. The number of rotatable bonds is 12. The highest BCUT2D eigenvalue weighted by molar-refractivity contribution is 5.76. The van der Waals surface area contributed by atoms with Gasteiger partial charge in [-0.2, -0.15) is 0 Å². The summed E-state index contributed by atoms with van der Waals surface area (Å²) in [5.41, 5.74) is -0.628. The Balaban J connectivity index is 2.16. The Kier molecular flexibility index (Phi) is 10.3. The number of amides is 2. The van der Waals surface area contributed by atoms with Crippen LogP contribution in [0.4, 0.5) is 0 Å². The Morgan fingerprint density at radius 1 is 0.926 bits per heavy atom. The van der Waals surface area contributed by atoms with E-state index in [1.165, 1.54) is 26.2 Å². The zero-order valence-corrected chi connectivity index (χ0v) is 18.0. The van der Waals surface area contributed by atoms with Gasteiger partial charge >= 0.3 is 0 Å². The average molecular weight is 385 g/mol. The number of ether oxygens (including phenoxy) is 2. The van der Waals surface area contributed by atoms with Gasteiger partial charge in [0.1, 0.15) is 0 Å². The van der Waals surface area contributed by atoms with Gasteiger partial charge in [-0.15, -0.1) is 0 Å². The number of carbonyl (C=O) groups excluding carboxylic acids is 2. The third kappa shape index (κ3) is 12.0. The standard InChI is InChI=1S/C21H40N2O4/c1-17(24)22-14-12-20(2,3)27-16-13-21(4,5)26-15-11-19(25)23-18-9-7-6-8-10-18/h18H,6-16H2,1-5H3,(H,22,24)(H,23,25). The molecule has 1 aliphatic carbocycles. The molecule has 0 aromatic rings. The summed E-state index contributed by atoms with van der Waals surface area (Å²) in [7, 11) is 0. The summed E-state index contributed by atoms with van der Waals surface area (Å²) in [5, 5.41) is 5.92. The molecule has 2 amide bonds. The van der Waals surface area contributed by atoms with Crippen LogP contribution in [0, 0.1) is 0 Å². The lowest BCUT2D eigenvalue weighted by atomic mass is 9.95. The lowest BCUT2D eigenvalue weighted by molar-refractivity contribution is -0.125. The van der Waals surface area contributed by atoms with Crippen LogP contribution >= 0.6 is 0 Å². The Morgan fingerprint density at radius 2 is 1.52 bits per heavy atom. The molecule has 0 heterocycles. The van der Waals surface area contributed by atoms with Crippen LogP contribution in [0.25, 0.3) is 0 Å². The minimum Gasteiger partial charge on any atom is -0.375 e. The van der Waals surface area contributed by atoms with Gasteiger partial charge in [-0.05, 0) is 53.4 Å². The van der Waals surface area contributed by atoms with Gasteiger partial charge in [0.2, 0.25) is 11.8 Å². The Hall–Kier alpha value is -1.14. The molecule has 158 valence electrons. The summed E-state index contributed by atoms with van der Waals surface area (Å²) in [6.45, 7) is 11.2. The summed E-state index contributed by atoms with van der Waals surface area (Å²) < 4.78 is 11.9. The second-order valence-corrected chi connectivity index (χ2v) is 8.85. The first-order valence-electron chi connectivity index (χ1n) is 10.4. The van der Waals surface area contributed by atoms with Crippen LogP contribution in [-0.4, -0.2) is 48.8 Å². The van der Waals surface area contributed by atoms with Crippen LogP contribution < -0.4 is 10.6 Å². The van der Waals surface area contributed by atoms with E-state index >= 15 is 0 Å². The van der Waals surface area contributed by atoms with Gasteiger partial charge in [-0.3, -0.25) is 9.59 Å². The van der Waals surface area contributed by atoms with E-state index < -0.39 is 0 Å². The third-order valence-corrected chi connectivity index (χ3v) is 5.09. The molecule has 1 saturated carbocycles. The molecular formula is C21H40N2O4. The van der Waals surface area contributed by atoms with Gasteiger partial charge in [0.25, 0.3) is 0 Å². The lowest BCUT2D eigenvalue weighted by Crippen LogP contribution is -2.37. The molecule has 0 aliphatic heterocycles. The summed E-state index contributed by atoms with van der Waals surface area (Å²) in [6, 6.07) is 0.354. The Morgan fingerprint density at radius 3 is 2.15 bits per heavy atom. The van der Waals surface area contributed by atoms with Crippen LogP contribution in [0.1, 0.15) is 86.0 Å². The fraction of sp³-hybridized carbons (Fsp3) is 0.905. The van der Waals surface area contributed by atoms with Crippen molar-refractivity contribution in [2.24, 2.45) is 0 Å². The van der Waals surface area contributed by atoms with Gasteiger partial charge in [0.05, 0.1) is 24.4 Å². The number of nitrogens with one attached hydrogen (secondary N) is 2. The summed E-state index contributed by atoms with van der Waals surface area (Å²) >= 11 is 0. The first-order valence-corrected chi connectivity index (χ1v) is 10.4. The molecule has 0 spiro atoms. The van der Waals surface area contributed by atoms with E-state index in [2.05, 4.69) is 10.6 Å². The molecule has 2 N–H and O–H groups in total. The molecule has 6 nitrogen and oxygen atoms in total. The number of carbonyl (C=O) groups is 2. The summed E-state index contributed by atoms with van der Waals surface area (Å²) in [4.78, 5) is 23.0. The molecule has 1 rings (SSSR count). The first-order chi connectivity index (χ1) is 12.6. The predicted molar refractivity (Wildman–Crippen MR) is 108 cm³/mol. The minimum atomic E-state index is -0.334. The smallest absolute Gasteiger partial charge is 0.222 e. The van der Waals surface area contributed by atoms with Crippen molar-refractivity contribution in [1.29, 1.82) is 0 Å².